The molecule has 3 heterocycles. The van der Waals surface area contributed by atoms with Crippen LogP contribution < -0.4 is 5.32 Å². The van der Waals surface area contributed by atoms with Crippen LogP contribution >= 0.6 is 23.1 Å². The van der Waals surface area contributed by atoms with Gasteiger partial charge in [0.2, 0.25) is 11.8 Å². The standard InChI is InChI=1S/C15H17N3O4S2/c1-7(11-8(2)16-6-24-11)15(14(21)22)4-18-12(20)10(17-9(3)19)13(18)23-5-15/h6,10,13H,1,4-5H2,2-3H3,(H,17,19)(H,21,22)/t10?,13-,15?/m1/s1. The number of thioether (sulfide) groups is 1. The van der Waals surface area contributed by atoms with E-state index in [4.69, 9.17) is 0 Å². The Morgan fingerprint density at radius 1 is 1.54 bits per heavy atom. The normalized spacial score (nSPS) is 28.8. The van der Waals surface area contributed by atoms with Gasteiger partial charge in [-0.1, -0.05) is 6.58 Å². The molecule has 2 aliphatic heterocycles. The minimum atomic E-state index is -1.24. The van der Waals surface area contributed by atoms with Crippen LogP contribution in [0.1, 0.15) is 17.5 Å². The highest BCUT2D eigenvalue weighted by Crippen LogP contribution is 2.48. The second kappa shape index (κ2) is 5.89. The van der Waals surface area contributed by atoms with Crippen molar-refractivity contribution < 1.29 is 19.5 Å². The molecule has 7 nitrogen and oxygen atoms in total. The number of aliphatic carboxylic acids is 1. The van der Waals surface area contributed by atoms with E-state index >= 15 is 0 Å². The van der Waals surface area contributed by atoms with Gasteiger partial charge in [-0.15, -0.1) is 23.1 Å². The number of thiazole rings is 1. The van der Waals surface area contributed by atoms with Gasteiger partial charge in [-0.25, -0.2) is 4.98 Å². The maximum atomic E-state index is 12.3. The van der Waals surface area contributed by atoms with E-state index in [1.54, 1.807) is 5.51 Å². The van der Waals surface area contributed by atoms with Crippen molar-refractivity contribution in [2.24, 2.45) is 5.41 Å². The summed E-state index contributed by atoms with van der Waals surface area (Å²) < 4.78 is 0. The summed E-state index contributed by atoms with van der Waals surface area (Å²) >= 11 is 2.72. The summed E-state index contributed by atoms with van der Waals surface area (Å²) in [7, 11) is 0. The van der Waals surface area contributed by atoms with Crippen molar-refractivity contribution in [3.63, 3.8) is 0 Å². The third-order valence-corrected chi connectivity index (χ3v) is 6.96. The van der Waals surface area contributed by atoms with E-state index in [-0.39, 0.29) is 23.7 Å². The van der Waals surface area contributed by atoms with Crippen LogP contribution in [0.4, 0.5) is 0 Å². The Bertz CT molecular complexity index is 747. The molecule has 2 aliphatic rings. The number of fused-ring (bicyclic) bond motifs is 1. The number of β-lactam (4-membered cyclic amide) rings is 1. The molecular weight excluding hydrogens is 350 g/mol. The zero-order valence-electron chi connectivity index (χ0n) is 13.2. The second-order valence-electron chi connectivity index (χ2n) is 5.98. The van der Waals surface area contributed by atoms with E-state index in [0.29, 0.717) is 11.3 Å². The molecule has 3 atom stereocenters. The molecule has 2 saturated heterocycles. The molecule has 128 valence electrons. The average Bonchev–Trinajstić information content (AvgIpc) is 2.96. The molecule has 0 radical (unpaired) electrons. The topological polar surface area (TPSA) is 99.6 Å². The fraction of sp³-hybridized carbons (Fsp3) is 0.467. The summed E-state index contributed by atoms with van der Waals surface area (Å²) in [5.74, 6) is -1.22. The lowest BCUT2D eigenvalue weighted by molar-refractivity contribution is -0.155. The molecule has 24 heavy (non-hydrogen) atoms. The first kappa shape index (κ1) is 17.0. The van der Waals surface area contributed by atoms with Gasteiger partial charge in [0, 0.05) is 19.2 Å². The maximum absolute atomic E-state index is 12.3. The first-order valence-electron chi connectivity index (χ1n) is 7.30. The summed E-state index contributed by atoms with van der Waals surface area (Å²) in [6.45, 7) is 7.25. The fourth-order valence-electron chi connectivity index (χ4n) is 3.04. The third kappa shape index (κ3) is 2.42. The minimum absolute atomic E-state index is 0.0606. The Kier molecular flexibility index (Phi) is 4.16. The van der Waals surface area contributed by atoms with Gasteiger partial charge in [-0.05, 0) is 12.5 Å². The van der Waals surface area contributed by atoms with E-state index < -0.39 is 17.4 Å². The van der Waals surface area contributed by atoms with Crippen molar-refractivity contribution >= 4 is 46.5 Å². The largest absolute Gasteiger partial charge is 0.481 e. The summed E-state index contributed by atoms with van der Waals surface area (Å²) in [4.78, 5) is 42.0. The molecule has 0 aromatic carbocycles. The Labute approximate surface area is 147 Å². The number of hydrogen-bond donors (Lipinski definition) is 2. The number of carbonyl (C=O) groups is 3. The molecule has 1 aromatic heterocycles. The number of carboxylic acids is 1. The Balaban J connectivity index is 1.86. The van der Waals surface area contributed by atoms with E-state index in [2.05, 4.69) is 16.9 Å². The lowest BCUT2D eigenvalue weighted by Crippen LogP contribution is -2.73. The number of amides is 2. The van der Waals surface area contributed by atoms with E-state index in [1.807, 2.05) is 6.92 Å². The molecule has 3 rings (SSSR count). The van der Waals surface area contributed by atoms with Gasteiger partial charge >= 0.3 is 5.97 Å². The molecule has 0 saturated carbocycles. The van der Waals surface area contributed by atoms with Crippen molar-refractivity contribution in [2.75, 3.05) is 12.3 Å². The zero-order valence-corrected chi connectivity index (χ0v) is 14.9. The summed E-state index contributed by atoms with van der Waals surface area (Å²) in [5.41, 5.74) is 1.64. The highest BCUT2D eigenvalue weighted by atomic mass is 32.2. The SMILES string of the molecule is C=C(c1scnc1C)C1(C(=O)O)CS[C@@H]2C(NC(C)=O)C(=O)N2C1. The molecule has 2 fully saturated rings. The molecular formula is C15H17N3O4S2. The Morgan fingerprint density at radius 2 is 2.25 bits per heavy atom. The van der Waals surface area contributed by atoms with Crippen LogP contribution in [0.5, 0.6) is 0 Å². The Hall–Kier alpha value is -1.87. The minimum Gasteiger partial charge on any atom is -0.481 e. The average molecular weight is 367 g/mol. The van der Waals surface area contributed by atoms with Gasteiger partial charge in [0.05, 0.1) is 16.1 Å². The van der Waals surface area contributed by atoms with Gasteiger partial charge < -0.3 is 15.3 Å². The summed E-state index contributed by atoms with van der Waals surface area (Å²) in [6.07, 6.45) is 0. The highest BCUT2D eigenvalue weighted by Gasteiger charge is 2.58. The smallest absolute Gasteiger partial charge is 0.316 e. The van der Waals surface area contributed by atoms with Gasteiger partial charge in [-0.3, -0.25) is 14.4 Å². The number of nitrogens with zero attached hydrogens (tertiary/aromatic N) is 2. The van der Waals surface area contributed by atoms with Crippen LogP contribution in [-0.4, -0.2) is 56.5 Å². The number of aryl methyl sites for hydroxylation is 1. The van der Waals surface area contributed by atoms with Crippen molar-refractivity contribution in [1.82, 2.24) is 15.2 Å². The fourth-order valence-corrected chi connectivity index (χ4v) is 5.50. The van der Waals surface area contributed by atoms with Gasteiger partial charge in [0.25, 0.3) is 0 Å². The Morgan fingerprint density at radius 3 is 2.79 bits per heavy atom. The maximum Gasteiger partial charge on any atom is 0.316 e. The van der Waals surface area contributed by atoms with Crippen LogP contribution in [0.2, 0.25) is 0 Å². The third-order valence-electron chi connectivity index (χ3n) is 4.45. The van der Waals surface area contributed by atoms with E-state index in [9.17, 15) is 19.5 Å². The van der Waals surface area contributed by atoms with Gasteiger partial charge in [0.15, 0.2) is 0 Å². The summed E-state index contributed by atoms with van der Waals surface area (Å²) in [6, 6.07) is -0.572. The second-order valence-corrected chi connectivity index (χ2v) is 7.94. The van der Waals surface area contributed by atoms with Crippen LogP contribution in [0, 0.1) is 12.3 Å². The van der Waals surface area contributed by atoms with Crippen LogP contribution in [-0.2, 0) is 14.4 Å². The number of carboxylic acid groups (broad SMARTS) is 1. The van der Waals surface area contributed by atoms with E-state index in [1.165, 1.54) is 34.9 Å². The van der Waals surface area contributed by atoms with Crippen LogP contribution in [0.25, 0.3) is 5.57 Å². The lowest BCUT2D eigenvalue weighted by Gasteiger charge is -2.54. The van der Waals surface area contributed by atoms with Crippen molar-refractivity contribution in [2.45, 2.75) is 25.3 Å². The molecule has 2 N–H and O–H groups in total. The number of aromatic nitrogens is 1. The zero-order chi connectivity index (χ0) is 17.6. The number of carbonyl (C=O) groups excluding carboxylic acids is 2. The molecule has 0 bridgehead atoms. The van der Waals surface area contributed by atoms with Crippen LogP contribution in [0.3, 0.4) is 0 Å². The quantitative estimate of drug-likeness (QED) is 0.769. The number of nitrogens with one attached hydrogen (secondary N) is 1. The predicted molar refractivity (Wildman–Crippen MR) is 91.5 cm³/mol. The molecule has 0 aliphatic carbocycles. The predicted octanol–water partition coefficient (Wildman–Crippen LogP) is 0.956. The molecule has 2 amide bonds. The molecule has 2 unspecified atom stereocenters. The van der Waals surface area contributed by atoms with Crippen molar-refractivity contribution in [3.8, 4) is 0 Å². The van der Waals surface area contributed by atoms with Crippen molar-refractivity contribution in [3.05, 3.63) is 22.7 Å². The van der Waals surface area contributed by atoms with E-state index in [0.717, 1.165) is 10.6 Å². The molecule has 9 heteroatoms. The van der Waals surface area contributed by atoms with Crippen LogP contribution in [0.15, 0.2) is 12.1 Å². The lowest BCUT2D eigenvalue weighted by atomic mass is 9.79. The molecule has 0 spiro atoms. The first-order chi connectivity index (χ1) is 11.3. The number of rotatable bonds is 4. The number of hydrogen-bond acceptors (Lipinski definition) is 6. The molecule has 1 aromatic rings. The first-order valence-corrected chi connectivity index (χ1v) is 9.23. The highest BCUT2D eigenvalue weighted by molar-refractivity contribution is 8.00. The van der Waals surface area contributed by atoms with Gasteiger partial charge in [0.1, 0.15) is 16.8 Å². The van der Waals surface area contributed by atoms with Crippen molar-refractivity contribution in [1.29, 1.82) is 0 Å². The van der Waals surface area contributed by atoms with Gasteiger partial charge in [-0.2, -0.15) is 0 Å². The summed E-state index contributed by atoms with van der Waals surface area (Å²) in [5, 5.41) is 12.3. The monoisotopic (exact) mass is 367 g/mol.